The van der Waals surface area contributed by atoms with Crippen molar-refractivity contribution in [3.63, 3.8) is 0 Å². The van der Waals surface area contributed by atoms with Gasteiger partial charge < -0.3 is 19.5 Å². The molecule has 0 saturated carbocycles. The third-order valence-electron chi connectivity index (χ3n) is 3.39. The maximum absolute atomic E-state index is 6.13. The lowest BCUT2D eigenvalue weighted by atomic mass is 10.1. The minimum absolute atomic E-state index is 0.590. The Balaban J connectivity index is 2.20. The topological polar surface area (TPSA) is 39.7 Å². The van der Waals surface area contributed by atoms with Crippen LogP contribution >= 0.6 is 11.6 Å². The molecule has 0 amide bonds. The molecular weight excluding hydrogens is 302 g/mol. The van der Waals surface area contributed by atoms with E-state index in [0.29, 0.717) is 23.8 Å². The number of aryl methyl sites for hydroxylation is 1. The van der Waals surface area contributed by atoms with E-state index in [0.717, 1.165) is 21.8 Å². The van der Waals surface area contributed by atoms with Gasteiger partial charge in [-0.15, -0.1) is 0 Å². The Morgan fingerprint density at radius 1 is 0.955 bits per heavy atom. The zero-order valence-corrected chi connectivity index (χ0v) is 14.0. The van der Waals surface area contributed by atoms with Gasteiger partial charge in [-0.3, -0.25) is 0 Å². The fraction of sp³-hybridized carbons (Fsp3) is 0.294. The summed E-state index contributed by atoms with van der Waals surface area (Å²) in [4.78, 5) is 0. The summed E-state index contributed by atoms with van der Waals surface area (Å²) in [6.45, 7) is 2.60. The summed E-state index contributed by atoms with van der Waals surface area (Å²) < 4.78 is 16.0. The second-order valence-corrected chi connectivity index (χ2v) is 5.26. The van der Waals surface area contributed by atoms with Gasteiger partial charge in [0, 0.05) is 17.3 Å². The number of halogens is 1. The summed E-state index contributed by atoms with van der Waals surface area (Å²) >= 11 is 6.13. The van der Waals surface area contributed by atoms with Gasteiger partial charge in [-0.1, -0.05) is 17.7 Å². The Kier molecular flexibility index (Phi) is 5.39. The normalized spacial score (nSPS) is 10.2. The van der Waals surface area contributed by atoms with Crippen LogP contribution in [0.25, 0.3) is 0 Å². The van der Waals surface area contributed by atoms with E-state index in [2.05, 4.69) is 5.32 Å². The number of hydrogen-bond donors (Lipinski definition) is 1. The number of nitrogens with one attached hydrogen (secondary N) is 1. The monoisotopic (exact) mass is 321 g/mol. The fourth-order valence-corrected chi connectivity index (χ4v) is 2.32. The Morgan fingerprint density at radius 3 is 2.09 bits per heavy atom. The van der Waals surface area contributed by atoms with Crippen molar-refractivity contribution in [2.75, 3.05) is 26.6 Å². The van der Waals surface area contributed by atoms with Crippen molar-refractivity contribution in [3.8, 4) is 17.2 Å². The predicted molar refractivity (Wildman–Crippen MR) is 89.6 cm³/mol. The predicted octanol–water partition coefficient (Wildman–Crippen LogP) is 4.29. The molecule has 0 fully saturated rings. The smallest absolute Gasteiger partial charge is 0.203 e. The average molecular weight is 322 g/mol. The van der Waals surface area contributed by atoms with Crippen molar-refractivity contribution in [3.05, 3.63) is 46.5 Å². The molecule has 2 rings (SSSR count). The lowest BCUT2D eigenvalue weighted by Crippen LogP contribution is -2.02. The number of methoxy groups -OCH3 is 3. The molecule has 0 spiro atoms. The molecule has 0 aliphatic carbocycles. The molecular formula is C17H20ClNO3. The lowest BCUT2D eigenvalue weighted by Gasteiger charge is -2.15. The van der Waals surface area contributed by atoms with Gasteiger partial charge in [-0.25, -0.2) is 0 Å². The third-order valence-corrected chi connectivity index (χ3v) is 3.80. The highest BCUT2D eigenvalue weighted by Crippen LogP contribution is 2.38. The zero-order chi connectivity index (χ0) is 16.1. The number of hydrogen-bond acceptors (Lipinski definition) is 4. The molecule has 4 nitrogen and oxygen atoms in total. The molecule has 22 heavy (non-hydrogen) atoms. The van der Waals surface area contributed by atoms with Gasteiger partial charge in [-0.2, -0.15) is 0 Å². The van der Waals surface area contributed by atoms with E-state index in [4.69, 9.17) is 25.8 Å². The van der Waals surface area contributed by atoms with E-state index in [1.807, 2.05) is 37.3 Å². The maximum Gasteiger partial charge on any atom is 0.203 e. The van der Waals surface area contributed by atoms with Crippen molar-refractivity contribution < 1.29 is 14.2 Å². The number of rotatable bonds is 6. The molecule has 0 saturated heterocycles. The van der Waals surface area contributed by atoms with Crippen LogP contribution in [0, 0.1) is 6.92 Å². The fourth-order valence-electron chi connectivity index (χ4n) is 2.14. The number of benzene rings is 2. The van der Waals surface area contributed by atoms with E-state index < -0.39 is 0 Å². The average Bonchev–Trinajstić information content (AvgIpc) is 2.54. The van der Waals surface area contributed by atoms with Crippen LogP contribution in [0.4, 0.5) is 5.69 Å². The summed E-state index contributed by atoms with van der Waals surface area (Å²) in [5.41, 5.74) is 3.04. The minimum Gasteiger partial charge on any atom is -0.493 e. The molecule has 0 bridgehead atoms. The van der Waals surface area contributed by atoms with Crippen LogP contribution in [0.2, 0.25) is 5.02 Å². The summed E-state index contributed by atoms with van der Waals surface area (Å²) in [5, 5.41) is 4.08. The van der Waals surface area contributed by atoms with E-state index >= 15 is 0 Å². The van der Waals surface area contributed by atoms with Gasteiger partial charge >= 0.3 is 0 Å². The van der Waals surface area contributed by atoms with E-state index in [1.54, 1.807) is 21.3 Å². The Labute approximate surface area is 136 Å². The number of anilines is 1. The van der Waals surface area contributed by atoms with Crippen LogP contribution in [-0.2, 0) is 6.54 Å². The molecule has 2 aromatic carbocycles. The van der Waals surface area contributed by atoms with Crippen molar-refractivity contribution in [2.24, 2.45) is 0 Å². The van der Waals surface area contributed by atoms with E-state index in [1.165, 1.54) is 0 Å². The van der Waals surface area contributed by atoms with Crippen LogP contribution in [0.3, 0.4) is 0 Å². The van der Waals surface area contributed by atoms with Crippen LogP contribution in [0.1, 0.15) is 11.1 Å². The maximum atomic E-state index is 6.13. The first kappa shape index (κ1) is 16.3. The molecule has 0 aliphatic heterocycles. The molecule has 0 heterocycles. The molecule has 0 aliphatic rings. The SMILES string of the molecule is COc1cc(CNc2ccc(C)c(Cl)c2)cc(OC)c1OC. The van der Waals surface area contributed by atoms with E-state index in [9.17, 15) is 0 Å². The summed E-state index contributed by atoms with van der Waals surface area (Å²) in [7, 11) is 4.80. The van der Waals surface area contributed by atoms with Crippen LogP contribution < -0.4 is 19.5 Å². The van der Waals surface area contributed by atoms with Crippen LogP contribution in [0.15, 0.2) is 30.3 Å². The first-order valence-electron chi connectivity index (χ1n) is 6.88. The molecule has 118 valence electrons. The summed E-state index contributed by atoms with van der Waals surface area (Å²) in [6, 6.07) is 9.74. The molecule has 1 N–H and O–H groups in total. The molecule has 0 radical (unpaired) electrons. The number of ether oxygens (including phenoxy) is 3. The Hall–Kier alpha value is -2.07. The Bertz CT molecular complexity index is 633. The van der Waals surface area contributed by atoms with Crippen molar-refractivity contribution >= 4 is 17.3 Å². The molecule has 0 unspecified atom stereocenters. The van der Waals surface area contributed by atoms with Gasteiger partial charge in [0.05, 0.1) is 21.3 Å². The third kappa shape index (κ3) is 3.57. The summed E-state index contributed by atoms with van der Waals surface area (Å²) in [5.74, 6) is 1.87. The van der Waals surface area contributed by atoms with Gasteiger partial charge in [0.1, 0.15) is 0 Å². The second-order valence-electron chi connectivity index (χ2n) is 4.85. The van der Waals surface area contributed by atoms with Gasteiger partial charge in [0.2, 0.25) is 5.75 Å². The van der Waals surface area contributed by atoms with Crippen LogP contribution in [0.5, 0.6) is 17.2 Å². The second kappa shape index (κ2) is 7.27. The molecule has 0 atom stereocenters. The first-order chi connectivity index (χ1) is 10.6. The quantitative estimate of drug-likeness (QED) is 0.861. The molecule has 5 heteroatoms. The highest BCUT2D eigenvalue weighted by atomic mass is 35.5. The lowest BCUT2D eigenvalue weighted by molar-refractivity contribution is 0.324. The zero-order valence-electron chi connectivity index (χ0n) is 13.2. The highest BCUT2D eigenvalue weighted by molar-refractivity contribution is 6.31. The van der Waals surface area contributed by atoms with Crippen molar-refractivity contribution in [1.29, 1.82) is 0 Å². The van der Waals surface area contributed by atoms with Gasteiger partial charge in [0.25, 0.3) is 0 Å². The van der Waals surface area contributed by atoms with Gasteiger partial charge in [-0.05, 0) is 42.3 Å². The standard InChI is InChI=1S/C17H20ClNO3/c1-11-5-6-13(9-14(11)18)19-10-12-7-15(20-2)17(22-4)16(8-12)21-3/h5-9,19H,10H2,1-4H3. The van der Waals surface area contributed by atoms with E-state index in [-0.39, 0.29) is 0 Å². The van der Waals surface area contributed by atoms with Crippen molar-refractivity contribution in [2.45, 2.75) is 13.5 Å². The minimum atomic E-state index is 0.590. The van der Waals surface area contributed by atoms with Gasteiger partial charge in [0.15, 0.2) is 11.5 Å². The largest absolute Gasteiger partial charge is 0.493 e. The Morgan fingerprint density at radius 2 is 1.59 bits per heavy atom. The molecule has 0 aromatic heterocycles. The van der Waals surface area contributed by atoms with Crippen molar-refractivity contribution in [1.82, 2.24) is 0 Å². The molecule has 2 aromatic rings. The first-order valence-corrected chi connectivity index (χ1v) is 7.25. The van der Waals surface area contributed by atoms with Crippen LogP contribution in [-0.4, -0.2) is 21.3 Å². The summed E-state index contributed by atoms with van der Waals surface area (Å²) in [6.07, 6.45) is 0. The highest BCUT2D eigenvalue weighted by Gasteiger charge is 2.13.